The van der Waals surface area contributed by atoms with Gasteiger partial charge in [0.2, 0.25) is 0 Å². The number of hydrogen-bond acceptors (Lipinski definition) is 4. The Morgan fingerprint density at radius 2 is 1.81 bits per heavy atom. The number of pyridine rings is 1. The van der Waals surface area contributed by atoms with E-state index in [2.05, 4.69) is 70.8 Å². The van der Waals surface area contributed by atoms with Crippen LogP contribution < -0.4 is 0 Å². The third-order valence-electron chi connectivity index (χ3n) is 6.59. The number of nitrogens with zero attached hydrogens (tertiary/aromatic N) is 4. The number of hydrogen-bond donors (Lipinski definition) is 0. The molecule has 2 aromatic rings. The average Bonchev–Trinajstić information content (AvgIpc) is 3.14. The van der Waals surface area contributed by atoms with Crippen LogP contribution >= 0.6 is 0 Å². The number of allylic oxidation sites excluding steroid dienone is 2. The van der Waals surface area contributed by atoms with Gasteiger partial charge in [0, 0.05) is 17.8 Å². The standard InChI is InChI=1S/C26H34N4O/c1-24(2)11-9-18(10-12-24)23-22(30-16-20(15-27)28-17-30)8-7-21(29-23)19-13-25(3,4)31-26(5,6)14-19/h7-9,16-17,19H,10-14H2,1-6H3. The molecule has 2 aliphatic rings. The zero-order chi connectivity index (χ0) is 22.4. The summed E-state index contributed by atoms with van der Waals surface area (Å²) in [6.07, 6.45) is 11.0. The van der Waals surface area contributed by atoms with Crippen LogP contribution in [0.3, 0.4) is 0 Å². The predicted octanol–water partition coefficient (Wildman–Crippen LogP) is 6.18. The summed E-state index contributed by atoms with van der Waals surface area (Å²) in [5.41, 5.74) is 4.86. The van der Waals surface area contributed by atoms with Crippen LogP contribution in [0.15, 0.2) is 30.7 Å². The minimum atomic E-state index is -0.174. The largest absolute Gasteiger partial charge is 0.370 e. The first-order valence-corrected chi connectivity index (χ1v) is 11.3. The molecule has 0 amide bonds. The van der Waals surface area contributed by atoms with E-state index in [4.69, 9.17) is 9.72 Å². The van der Waals surface area contributed by atoms with Crippen molar-refractivity contribution in [1.29, 1.82) is 5.26 Å². The van der Waals surface area contributed by atoms with Crippen molar-refractivity contribution in [2.75, 3.05) is 0 Å². The lowest BCUT2D eigenvalue weighted by atomic mass is 9.77. The Labute approximate surface area is 186 Å². The summed E-state index contributed by atoms with van der Waals surface area (Å²) in [5.74, 6) is 0.352. The second kappa shape index (κ2) is 7.60. The molecule has 0 bridgehead atoms. The number of aromatic nitrogens is 3. The van der Waals surface area contributed by atoms with E-state index >= 15 is 0 Å². The predicted molar refractivity (Wildman–Crippen MR) is 123 cm³/mol. The van der Waals surface area contributed by atoms with E-state index in [1.807, 2.05) is 4.57 Å². The lowest BCUT2D eigenvalue weighted by molar-refractivity contribution is -0.162. The lowest BCUT2D eigenvalue weighted by Gasteiger charge is -2.45. The second-order valence-corrected chi connectivity index (χ2v) is 11.2. The van der Waals surface area contributed by atoms with Crippen molar-refractivity contribution in [1.82, 2.24) is 14.5 Å². The van der Waals surface area contributed by atoms with Crippen LogP contribution in [-0.2, 0) is 4.74 Å². The molecule has 2 aromatic heterocycles. The highest BCUT2D eigenvalue weighted by atomic mass is 16.5. The van der Waals surface area contributed by atoms with Gasteiger partial charge in [-0.3, -0.25) is 4.98 Å². The monoisotopic (exact) mass is 418 g/mol. The fourth-order valence-corrected chi connectivity index (χ4v) is 5.24. The molecule has 3 heterocycles. The quantitative estimate of drug-likeness (QED) is 0.597. The summed E-state index contributed by atoms with van der Waals surface area (Å²) in [7, 11) is 0. The number of rotatable bonds is 3. The van der Waals surface area contributed by atoms with Crippen LogP contribution in [0, 0.1) is 16.7 Å². The minimum absolute atomic E-state index is 0.174. The second-order valence-electron chi connectivity index (χ2n) is 11.2. The molecule has 1 saturated heterocycles. The van der Waals surface area contributed by atoms with Crippen molar-refractivity contribution < 1.29 is 4.74 Å². The van der Waals surface area contributed by atoms with Gasteiger partial charge in [-0.2, -0.15) is 5.26 Å². The van der Waals surface area contributed by atoms with Crippen molar-refractivity contribution >= 4 is 5.57 Å². The SMILES string of the molecule is CC1(C)CC=C(c2nc(C3CC(C)(C)OC(C)(C)C3)ccc2-n2cnc(C#N)c2)CC1. The maximum absolute atomic E-state index is 9.22. The van der Waals surface area contributed by atoms with Crippen LogP contribution in [0.1, 0.15) is 96.6 Å². The summed E-state index contributed by atoms with van der Waals surface area (Å²) < 4.78 is 8.24. The molecule has 164 valence electrons. The molecular weight excluding hydrogens is 384 g/mol. The lowest BCUT2D eigenvalue weighted by Crippen LogP contribution is -2.44. The molecule has 0 unspecified atom stereocenters. The van der Waals surface area contributed by atoms with Crippen LogP contribution in [0.5, 0.6) is 0 Å². The van der Waals surface area contributed by atoms with E-state index in [-0.39, 0.29) is 11.2 Å². The molecule has 0 aromatic carbocycles. The Kier molecular flexibility index (Phi) is 5.34. The van der Waals surface area contributed by atoms with Gasteiger partial charge in [0.15, 0.2) is 5.69 Å². The maximum Gasteiger partial charge on any atom is 0.158 e. The van der Waals surface area contributed by atoms with Gasteiger partial charge < -0.3 is 9.30 Å². The van der Waals surface area contributed by atoms with Crippen molar-refractivity contribution in [3.8, 4) is 11.8 Å². The van der Waals surface area contributed by atoms with Gasteiger partial charge in [0.1, 0.15) is 12.4 Å². The molecule has 1 aliphatic carbocycles. The van der Waals surface area contributed by atoms with Gasteiger partial charge in [-0.1, -0.05) is 19.9 Å². The molecular formula is C26H34N4O. The molecule has 1 fully saturated rings. The fourth-order valence-electron chi connectivity index (χ4n) is 5.24. The number of ether oxygens (including phenoxy) is 1. The Morgan fingerprint density at radius 3 is 2.39 bits per heavy atom. The van der Waals surface area contributed by atoms with Crippen molar-refractivity contribution in [3.63, 3.8) is 0 Å². The molecule has 0 atom stereocenters. The van der Waals surface area contributed by atoms with Gasteiger partial charge >= 0.3 is 0 Å². The zero-order valence-corrected chi connectivity index (χ0v) is 19.7. The van der Waals surface area contributed by atoms with Crippen molar-refractivity contribution in [2.24, 2.45) is 5.41 Å². The highest BCUT2D eigenvalue weighted by Gasteiger charge is 2.40. The number of nitriles is 1. The van der Waals surface area contributed by atoms with Gasteiger partial charge in [0.25, 0.3) is 0 Å². The van der Waals surface area contributed by atoms with E-state index in [9.17, 15) is 5.26 Å². The Balaban J connectivity index is 1.78. The molecule has 5 heteroatoms. The first-order chi connectivity index (χ1) is 14.5. The first kappa shape index (κ1) is 21.8. The summed E-state index contributed by atoms with van der Waals surface area (Å²) in [6, 6.07) is 6.43. The summed E-state index contributed by atoms with van der Waals surface area (Å²) in [4.78, 5) is 9.46. The third kappa shape index (κ3) is 4.75. The molecule has 0 saturated carbocycles. The Bertz CT molecular complexity index is 1040. The maximum atomic E-state index is 9.22. The average molecular weight is 419 g/mol. The number of imidazole rings is 1. The molecule has 1 aliphatic heterocycles. The van der Waals surface area contributed by atoms with E-state index in [1.165, 1.54) is 5.57 Å². The van der Waals surface area contributed by atoms with Gasteiger partial charge in [-0.15, -0.1) is 0 Å². The van der Waals surface area contributed by atoms with Gasteiger partial charge in [-0.25, -0.2) is 4.98 Å². The first-order valence-electron chi connectivity index (χ1n) is 11.3. The Morgan fingerprint density at radius 1 is 1.10 bits per heavy atom. The minimum Gasteiger partial charge on any atom is -0.370 e. The van der Waals surface area contributed by atoms with E-state index in [0.29, 0.717) is 17.0 Å². The van der Waals surface area contributed by atoms with Crippen LogP contribution in [0.2, 0.25) is 0 Å². The van der Waals surface area contributed by atoms with E-state index in [0.717, 1.165) is 49.2 Å². The topological polar surface area (TPSA) is 63.7 Å². The normalized spacial score (nSPS) is 22.5. The molecule has 0 N–H and O–H groups in total. The summed E-state index contributed by atoms with van der Waals surface area (Å²) in [6.45, 7) is 13.4. The molecule has 0 spiro atoms. The Hall–Kier alpha value is -2.45. The highest BCUT2D eigenvalue weighted by Crippen LogP contribution is 2.44. The highest BCUT2D eigenvalue weighted by molar-refractivity contribution is 5.70. The molecule has 4 rings (SSSR count). The van der Waals surface area contributed by atoms with Crippen LogP contribution in [0.25, 0.3) is 11.3 Å². The summed E-state index contributed by atoms with van der Waals surface area (Å²) in [5, 5.41) is 9.22. The van der Waals surface area contributed by atoms with Crippen molar-refractivity contribution in [3.05, 3.63) is 47.8 Å². The summed E-state index contributed by atoms with van der Waals surface area (Å²) >= 11 is 0. The molecule has 0 radical (unpaired) electrons. The third-order valence-corrected chi connectivity index (χ3v) is 6.59. The van der Waals surface area contributed by atoms with Gasteiger partial charge in [0.05, 0.1) is 22.6 Å². The van der Waals surface area contributed by atoms with Gasteiger partial charge in [-0.05, 0) is 82.9 Å². The molecule has 31 heavy (non-hydrogen) atoms. The van der Waals surface area contributed by atoms with Crippen LogP contribution in [-0.4, -0.2) is 25.7 Å². The fraction of sp³-hybridized carbons (Fsp3) is 0.577. The smallest absolute Gasteiger partial charge is 0.158 e. The van der Waals surface area contributed by atoms with Crippen molar-refractivity contribution in [2.45, 2.75) is 90.8 Å². The van der Waals surface area contributed by atoms with E-state index in [1.54, 1.807) is 12.5 Å². The molecule has 5 nitrogen and oxygen atoms in total. The zero-order valence-electron chi connectivity index (χ0n) is 19.7. The van der Waals surface area contributed by atoms with E-state index < -0.39 is 0 Å². The van der Waals surface area contributed by atoms with Crippen LogP contribution in [0.4, 0.5) is 0 Å².